The van der Waals surface area contributed by atoms with Gasteiger partial charge in [0.05, 0.1) is 19.4 Å². The van der Waals surface area contributed by atoms with Gasteiger partial charge in [-0.25, -0.2) is 0 Å². The number of hydrogen-bond donors (Lipinski definition) is 2. The number of ether oxygens (including phenoxy) is 1. The van der Waals surface area contributed by atoms with Crippen LogP contribution in [0.1, 0.15) is 31.2 Å². The van der Waals surface area contributed by atoms with Gasteiger partial charge in [0.15, 0.2) is 0 Å². The van der Waals surface area contributed by atoms with Gasteiger partial charge in [0.25, 0.3) is 0 Å². The number of hydrogen-bond acceptors (Lipinski definition) is 4. The lowest BCUT2D eigenvalue weighted by Crippen LogP contribution is -2.41. The van der Waals surface area contributed by atoms with E-state index in [1.165, 1.54) is 0 Å². The highest BCUT2D eigenvalue weighted by Crippen LogP contribution is 2.35. The van der Waals surface area contributed by atoms with E-state index < -0.39 is 0 Å². The third-order valence-corrected chi connectivity index (χ3v) is 3.37. The molecule has 0 amide bonds. The number of aromatic nitrogens is 1. The quantitative estimate of drug-likeness (QED) is 0.788. The van der Waals surface area contributed by atoms with Crippen LogP contribution in [0.5, 0.6) is 5.75 Å². The Hall–Kier alpha value is -1.13. The Balaban J connectivity index is 2.21. The van der Waals surface area contributed by atoms with E-state index in [2.05, 4.69) is 4.98 Å². The van der Waals surface area contributed by atoms with Gasteiger partial charge in [-0.05, 0) is 37.3 Å². The minimum atomic E-state index is -0.360. The van der Waals surface area contributed by atoms with Gasteiger partial charge in [-0.2, -0.15) is 0 Å². The molecular formula is C12H18N2O2. The molecule has 0 atom stereocenters. The largest absolute Gasteiger partial charge is 0.495 e. The molecule has 1 aromatic rings. The zero-order valence-corrected chi connectivity index (χ0v) is 9.52. The fraction of sp³-hybridized carbons (Fsp3) is 0.583. The van der Waals surface area contributed by atoms with Crippen molar-refractivity contribution in [3.8, 4) is 5.75 Å². The smallest absolute Gasteiger partial charge is 0.137 e. The molecule has 1 heterocycles. The molecule has 0 aliphatic heterocycles. The molecule has 1 aromatic heterocycles. The summed E-state index contributed by atoms with van der Waals surface area (Å²) < 4.78 is 5.14. The summed E-state index contributed by atoms with van der Waals surface area (Å²) in [6.07, 6.45) is 6.37. The van der Waals surface area contributed by atoms with Gasteiger partial charge in [-0.15, -0.1) is 0 Å². The summed E-state index contributed by atoms with van der Waals surface area (Å²) in [5, 5.41) is 9.49. The second-order valence-electron chi connectivity index (χ2n) is 4.50. The molecule has 2 rings (SSSR count). The Bertz CT molecular complexity index is 360. The van der Waals surface area contributed by atoms with Crippen molar-refractivity contribution in [2.24, 2.45) is 5.73 Å². The molecule has 0 bridgehead atoms. The van der Waals surface area contributed by atoms with E-state index >= 15 is 0 Å². The first-order valence-electron chi connectivity index (χ1n) is 5.60. The van der Waals surface area contributed by atoms with E-state index in [1.54, 1.807) is 19.5 Å². The second-order valence-corrected chi connectivity index (χ2v) is 4.50. The Morgan fingerprint density at radius 1 is 1.44 bits per heavy atom. The van der Waals surface area contributed by atoms with Crippen molar-refractivity contribution in [1.29, 1.82) is 0 Å². The summed E-state index contributed by atoms with van der Waals surface area (Å²) in [6.45, 7) is 0. The molecule has 0 spiro atoms. The highest BCUT2D eigenvalue weighted by molar-refractivity contribution is 5.29. The van der Waals surface area contributed by atoms with Crippen LogP contribution in [0.4, 0.5) is 0 Å². The van der Waals surface area contributed by atoms with Crippen LogP contribution in [0, 0.1) is 0 Å². The van der Waals surface area contributed by atoms with Crippen molar-refractivity contribution in [3.63, 3.8) is 0 Å². The lowest BCUT2D eigenvalue weighted by molar-refractivity contribution is 0.0967. The Kier molecular flexibility index (Phi) is 3.12. The van der Waals surface area contributed by atoms with E-state index in [0.29, 0.717) is 0 Å². The summed E-state index contributed by atoms with van der Waals surface area (Å²) in [5.41, 5.74) is 7.00. The fourth-order valence-electron chi connectivity index (χ4n) is 2.21. The standard InChI is InChI=1S/C12H18N2O2/c1-16-11-6-9(7-14-8-11)12(13)4-2-10(15)3-5-12/h6-8,10,15H,2-5,13H2,1H3. The molecule has 88 valence electrons. The zero-order chi connectivity index (χ0) is 11.6. The van der Waals surface area contributed by atoms with E-state index in [-0.39, 0.29) is 11.6 Å². The van der Waals surface area contributed by atoms with Gasteiger partial charge in [-0.3, -0.25) is 4.98 Å². The highest BCUT2D eigenvalue weighted by atomic mass is 16.5. The van der Waals surface area contributed by atoms with Crippen LogP contribution < -0.4 is 10.5 Å². The lowest BCUT2D eigenvalue weighted by atomic mass is 9.77. The normalized spacial score (nSPS) is 30.1. The van der Waals surface area contributed by atoms with Crippen LogP contribution in [-0.2, 0) is 5.54 Å². The Labute approximate surface area is 95.4 Å². The molecule has 3 N–H and O–H groups in total. The maximum Gasteiger partial charge on any atom is 0.137 e. The predicted octanol–water partition coefficient (Wildman–Crippen LogP) is 1.18. The summed E-state index contributed by atoms with van der Waals surface area (Å²) in [7, 11) is 1.62. The maximum absolute atomic E-state index is 9.49. The molecule has 1 saturated carbocycles. The van der Waals surface area contributed by atoms with Crippen molar-refractivity contribution in [2.75, 3.05) is 7.11 Å². The molecule has 1 aliphatic rings. The number of aliphatic hydroxyl groups is 1. The molecule has 0 radical (unpaired) electrons. The minimum Gasteiger partial charge on any atom is -0.495 e. The van der Waals surface area contributed by atoms with Crippen molar-refractivity contribution in [3.05, 3.63) is 24.0 Å². The van der Waals surface area contributed by atoms with Crippen molar-refractivity contribution in [2.45, 2.75) is 37.3 Å². The topological polar surface area (TPSA) is 68.4 Å². The molecule has 0 saturated heterocycles. The first kappa shape index (κ1) is 11.4. The lowest BCUT2D eigenvalue weighted by Gasteiger charge is -2.35. The van der Waals surface area contributed by atoms with Gasteiger partial charge in [0, 0.05) is 11.7 Å². The summed E-state index contributed by atoms with van der Waals surface area (Å²) in [4.78, 5) is 4.13. The number of nitrogens with two attached hydrogens (primary N) is 1. The van der Waals surface area contributed by atoms with Crippen molar-refractivity contribution in [1.82, 2.24) is 4.98 Å². The van der Waals surface area contributed by atoms with Gasteiger partial charge < -0.3 is 15.6 Å². The van der Waals surface area contributed by atoms with E-state index in [9.17, 15) is 5.11 Å². The van der Waals surface area contributed by atoms with Crippen LogP contribution >= 0.6 is 0 Å². The first-order valence-corrected chi connectivity index (χ1v) is 5.60. The molecule has 0 aromatic carbocycles. The highest BCUT2D eigenvalue weighted by Gasteiger charge is 2.33. The third-order valence-electron chi connectivity index (χ3n) is 3.37. The maximum atomic E-state index is 9.49. The number of rotatable bonds is 2. The predicted molar refractivity (Wildman–Crippen MR) is 61.1 cm³/mol. The first-order chi connectivity index (χ1) is 7.64. The Morgan fingerprint density at radius 3 is 2.75 bits per heavy atom. The summed E-state index contributed by atoms with van der Waals surface area (Å²) in [6, 6.07) is 1.94. The van der Waals surface area contributed by atoms with Gasteiger partial charge in [0.1, 0.15) is 5.75 Å². The van der Waals surface area contributed by atoms with E-state index in [4.69, 9.17) is 10.5 Å². The average molecular weight is 222 g/mol. The summed E-state index contributed by atoms with van der Waals surface area (Å²) in [5.74, 6) is 0.730. The molecule has 4 heteroatoms. The molecule has 1 fully saturated rings. The molecule has 1 aliphatic carbocycles. The molecule has 16 heavy (non-hydrogen) atoms. The van der Waals surface area contributed by atoms with Gasteiger partial charge in [0.2, 0.25) is 0 Å². The third kappa shape index (κ3) is 2.18. The van der Waals surface area contributed by atoms with E-state index in [1.807, 2.05) is 6.07 Å². The number of aliphatic hydroxyl groups excluding tert-OH is 1. The molecule has 0 unspecified atom stereocenters. The SMILES string of the molecule is COc1cncc(C2(N)CCC(O)CC2)c1. The molecule has 4 nitrogen and oxygen atoms in total. The van der Waals surface area contributed by atoms with Crippen molar-refractivity contribution >= 4 is 0 Å². The number of pyridine rings is 1. The van der Waals surface area contributed by atoms with Crippen LogP contribution in [0.15, 0.2) is 18.5 Å². The van der Waals surface area contributed by atoms with E-state index in [0.717, 1.165) is 37.0 Å². The van der Waals surface area contributed by atoms with Gasteiger partial charge >= 0.3 is 0 Å². The van der Waals surface area contributed by atoms with Crippen LogP contribution in [0.25, 0.3) is 0 Å². The van der Waals surface area contributed by atoms with Crippen molar-refractivity contribution < 1.29 is 9.84 Å². The molecular weight excluding hydrogens is 204 g/mol. The second kappa shape index (κ2) is 4.39. The average Bonchev–Trinajstić information content (AvgIpc) is 2.33. The van der Waals surface area contributed by atoms with Crippen LogP contribution in [0.3, 0.4) is 0 Å². The Morgan fingerprint density at radius 2 is 2.12 bits per heavy atom. The minimum absolute atomic E-state index is 0.199. The summed E-state index contributed by atoms with van der Waals surface area (Å²) >= 11 is 0. The fourth-order valence-corrected chi connectivity index (χ4v) is 2.21. The van der Waals surface area contributed by atoms with Crippen LogP contribution in [0.2, 0.25) is 0 Å². The number of nitrogens with zero attached hydrogens (tertiary/aromatic N) is 1. The van der Waals surface area contributed by atoms with Gasteiger partial charge in [-0.1, -0.05) is 0 Å². The number of methoxy groups -OCH3 is 1. The van der Waals surface area contributed by atoms with Crippen LogP contribution in [-0.4, -0.2) is 23.3 Å². The zero-order valence-electron chi connectivity index (χ0n) is 9.52. The monoisotopic (exact) mass is 222 g/mol.